The first-order valence-corrected chi connectivity index (χ1v) is 7.41. The summed E-state index contributed by atoms with van der Waals surface area (Å²) in [5.41, 5.74) is 2.24. The van der Waals surface area contributed by atoms with Crippen LogP contribution in [0.3, 0.4) is 0 Å². The average molecular weight is 297 g/mol. The first-order chi connectivity index (χ1) is 10.6. The van der Waals surface area contributed by atoms with Gasteiger partial charge in [-0.25, -0.2) is 0 Å². The van der Waals surface area contributed by atoms with Gasteiger partial charge in [0.2, 0.25) is 5.96 Å². The fraction of sp³-hybridized carbons (Fsp3) is 0.312. The topological polar surface area (TPSA) is 80.6 Å². The number of hydrogen-bond acceptors (Lipinski definition) is 4. The second-order valence-corrected chi connectivity index (χ2v) is 5.50. The van der Waals surface area contributed by atoms with Gasteiger partial charge in [0.15, 0.2) is 5.84 Å². The summed E-state index contributed by atoms with van der Waals surface area (Å²) in [6, 6.07) is 7.82. The molecule has 2 aliphatic heterocycles. The second kappa shape index (κ2) is 6.01. The lowest BCUT2D eigenvalue weighted by molar-refractivity contribution is -0.115. The van der Waals surface area contributed by atoms with E-state index < -0.39 is 0 Å². The van der Waals surface area contributed by atoms with Crippen molar-refractivity contribution in [1.82, 2.24) is 10.2 Å². The zero-order valence-electron chi connectivity index (χ0n) is 12.5. The minimum Gasteiger partial charge on any atom is -0.361 e. The Hall–Kier alpha value is -2.63. The number of hydrogen-bond donors (Lipinski definition) is 3. The Morgan fingerprint density at radius 2 is 2.14 bits per heavy atom. The number of likely N-dealkylation sites (tertiary alicyclic amines) is 1. The van der Waals surface area contributed by atoms with Gasteiger partial charge in [-0.1, -0.05) is 12.1 Å². The first-order valence-electron chi connectivity index (χ1n) is 7.41. The van der Waals surface area contributed by atoms with E-state index in [1.54, 1.807) is 0 Å². The van der Waals surface area contributed by atoms with Crippen molar-refractivity contribution >= 4 is 23.4 Å². The number of nitrogens with zero attached hydrogens (tertiary/aromatic N) is 2. The maximum atomic E-state index is 12.2. The number of nitrogens with one attached hydrogen (secondary N) is 3. The van der Waals surface area contributed by atoms with Crippen LogP contribution in [0, 0.1) is 12.3 Å². The fourth-order valence-electron chi connectivity index (χ4n) is 2.57. The van der Waals surface area contributed by atoms with Crippen molar-refractivity contribution in [3.8, 4) is 0 Å². The van der Waals surface area contributed by atoms with Gasteiger partial charge in [-0.05, 0) is 37.5 Å². The summed E-state index contributed by atoms with van der Waals surface area (Å²) in [4.78, 5) is 18.4. The third kappa shape index (κ3) is 3.00. The molecule has 3 rings (SSSR count). The van der Waals surface area contributed by atoms with Gasteiger partial charge in [-0.15, -0.1) is 0 Å². The average Bonchev–Trinajstić information content (AvgIpc) is 3.00. The SMILES string of the molecule is Cc1cccc(N/C=C2\C(=N)N=C(N3CCCC3)NC2=O)c1. The van der Waals surface area contributed by atoms with Crippen molar-refractivity contribution in [1.29, 1.82) is 5.41 Å². The van der Waals surface area contributed by atoms with E-state index >= 15 is 0 Å². The number of aliphatic imine (C=N–C) groups is 1. The quantitative estimate of drug-likeness (QED) is 0.729. The highest BCUT2D eigenvalue weighted by Gasteiger charge is 2.27. The third-order valence-corrected chi connectivity index (χ3v) is 3.75. The Balaban J connectivity index is 1.75. The summed E-state index contributed by atoms with van der Waals surface area (Å²) in [6.07, 6.45) is 3.73. The monoisotopic (exact) mass is 297 g/mol. The van der Waals surface area contributed by atoms with E-state index in [1.165, 1.54) is 6.20 Å². The van der Waals surface area contributed by atoms with Gasteiger partial charge in [0.25, 0.3) is 5.91 Å². The van der Waals surface area contributed by atoms with E-state index in [2.05, 4.69) is 15.6 Å². The van der Waals surface area contributed by atoms with Gasteiger partial charge in [0.05, 0.1) is 5.57 Å². The molecule has 3 N–H and O–H groups in total. The molecule has 0 radical (unpaired) electrons. The second-order valence-electron chi connectivity index (χ2n) is 5.50. The molecule has 2 aliphatic rings. The highest BCUT2D eigenvalue weighted by molar-refractivity contribution is 6.28. The van der Waals surface area contributed by atoms with Gasteiger partial charge in [-0.3, -0.25) is 15.5 Å². The number of carbonyl (C=O) groups is 1. The highest BCUT2D eigenvalue weighted by atomic mass is 16.2. The van der Waals surface area contributed by atoms with Crippen molar-refractivity contribution in [3.63, 3.8) is 0 Å². The van der Waals surface area contributed by atoms with Gasteiger partial charge in [0, 0.05) is 25.0 Å². The third-order valence-electron chi connectivity index (χ3n) is 3.75. The van der Waals surface area contributed by atoms with Crippen LogP contribution in [0.5, 0.6) is 0 Å². The normalized spacial score (nSPS) is 20.1. The number of anilines is 1. The highest BCUT2D eigenvalue weighted by Crippen LogP contribution is 2.14. The van der Waals surface area contributed by atoms with Crippen LogP contribution < -0.4 is 10.6 Å². The fourth-order valence-corrected chi connectivity index (χ4v) is 2.57. The van der Waals surface area contributed by atoms with E-state index in [0.717, 1.165) is 37.2 Å². The van der Waals surface area contributed by atoms with E-state index in [4.69, 9.17) is 5.41 Å². The summed E-state index contributed by atoms with van der Waals surface area (Å²) in [5.74, 6) is 0.202. The number of rotatable bonds is 2. The molecule has 1 fully saturated rings. The predicted octanol–water partition coefficient (Wildman–Crippen LogP) is 1.85. The van der Waals surface area contributed by atoms with Gasteiger partial charge >= 0.3 is 0 Å². The van der Waals surface area contributed by atoms with Crippen LogP contribution in [0.15, 0.2) is 41.0 Å². The molecule has 114 valence electrons. The maximum Gasteiger partial charge on any atom is 0.263 e. The molecule has 1 aromatic rings. The van der Waals surface area contributed by atoms with Gasteiger partial charge < -0.3 is 10.2 Å². The van der Waals surface area contributed by atoms with Gasteiger partial charge in [0.1, 0.15) is 0 Å². The molecule has 0 bridgehead atoms. The molecule has 1 aromatic carbocycles. The lowest BCUT2D eigenvalue weighted by atomic mass is 10.2. The minimum absolute atomic E-state index is 0.00852. The summed E-state index contributed by atoms with van der Waals surface area (Å²) in [5, 5.41) is 13.8. The van der Waals surface area contributed by atoms with Crippen molar-refractivity contribution in [2.75, 3.05) is 18.4 Å². The van der Waals surface area contributed by atoms with E-state index in [0.29, 0.717) is 5.96 Å². The molecule has 1 saturated heterocycles. The van der Waals surface area contributed by atoms with Crippen LogP contribution in [0.2, 0.25) is 0 Å². The van der Waals surface area contributed by atoms with E-state index in [1.807, 2.05) is 36.1 Å². The molecular formula is C16H19N5O. The molecule has 6 heteroatoms. The number of aryl methyl sites for hydroxylation is 1. The molecule has 1 amide bonds. The minimum atomic E-state index is -0.290. The first kappa shape index (κ1) is 14.3. The van der Waals surface area contributed by atoms with Crippen LogP contribution >= 0.6 is 0 Å². The Morgan fingerprint density at radius 1 is 1.36 bits per heavy atom. The zero-order chi connectivity index (χ0) is 15.5. The smallest absolute Gasteiger partial charge is 0.263 e. The van der Waals surface area contributed by atoms with Crippen LogP contribution in [0.25, 0.3) is 0 Å². The number of amidine groups is 1. The Morgan fingerprint density at radius 3 is 2.82 bits per heavy atom. The molecule has 0 spiro atoms. The van der Waals surface area contributed by atoms with E-state index in [9.17, 15) is 4.79 Å². The lowest BCUT2D eigenvalue weighted by Crippen LogP contribution is -2.47. The van der Waals surface area contributed by atoms with E-state index in [-0.39, 0.29) is 17.3 Å². The molecule has 0 aromatic heterocycles. The van der Waals surface area contributed by atoms with Crippen LogP contribution in [-0.4, -0.2) is 35.7 Å². The predicted molar refractivity (Wildman–Crippen MR) is 87.0 cm³/mol. The largest absolute Gasteiger partial charge is 0.361 e. The van der Waals surface area contributed by atoms with Crippen molar-refractivity contribution in [2.45, 2.75) is 19.8 Å². The van der Waals surface area contributed by atoms with Crippen LogP contribution in [0.1, 0.15) is 18.4 Å². The molecule has 0 unspecified atom stereocenters. The maximum absolute atomic E-state index is 12.2. The zero-order valence-corrected chi connectivity index (χ0v) is 12.5. The van der Waals surface area contributed by atoms with Crippen LogP contribution in [0.4, 0.5) is 5.69 Å². The number of amides is 1. The lowest BCUT2D eigenvalue weighted by Gasteiger charge is -2.24. The Kier molecular flexibility index (Phi) is 3.91. The van der Waals surface area contributed by atoms with Crippen molar-refractivity contribution in [2.24, 2.45) is 4.99 Å². The number of benzene rings is 1. The summed E-state index contributed by atoms with van der Waals surface area (Å²) < 4.78 is 0. The van der Waals surface area contributed by atoms with Crippen LogP contribution in [-0.2, 0) is 4.79 Å². The molecule has 6 nitrogen and oxygen atoms in total. The molecule has 0 aliphatic carbocycles. The standard InChI is InChI=1S/C16H19N5O/c1-11-5-4-6-12(9-11)18-10-13-14(17)19-16(20-15(13)22)21-7-2-3-8-21/h4-6,9-10,18H,2-3,7-8H2,1H3,(H2,17,19,20,22)/b13-10+. The Bertz CT molecular complexity index is 671. The molecule has 2 heterocycles. The number of carbonyl (C=O) groups excluding carboxylic acids is 1. The summed E-state index contributed by atoms with van der Waals surface area (Å²) >= 11 is 0. The summed E-state index contributed by atoms with van der Waals surface area (Å²) in [6.45, 7) is 3.76. The van der Waals surface area contributed by atoms with Crippen molar-refractivity contribution in [3.05, 3.63) is 41.6 Å². The molecule has 0 atom stereocenters. The van der Waals surface area contributed by atoms with Gasteiger partial charge in [-0.2, -0.15) is 4.99 Å². The van der Waals surface area contributed by atoms with Crippen molar-refractivity contribution < 1.29 is 4.79 Å². The summed E-state index contributed by atoms with van der Waals surface area (Å²) in [7, 11) is 0. The molecule has 22 heavy (non-hydrogen) atoms. The number of guanidine groups is 1. The molecule has 0 saturated carbocycles. The molecular weight excluding hydrogens is 278 g/mol. The Labute approximate surface area is 129 Å².